The summed E-state index contributed by atoms with van der Waals surface area (Å²) in [4.78, 5) is 16.2. The highest BCUT2D eigenvalue weighted by Gasteiger charge is 2.26. The molecule has 5 nitrogen and oxygen atoms in total. The van der Waals surface area contributed by atoms with Crippen molar-refractivity contribution >= 4 is 28.5 Å². The number of esters is 1. The van der Waals surface area contributed by atoms with E-state index in [1.807, 2.05) is 0 Å². The van der Waals surface area contributed by atoms with Gasteiger partial charge in [0.2, 0.25) is 0 Å². The van der Waals surface area contributed by atoms with Crippen LogP contribution < -0.4 is 0 Å². The molecule has 0 atom stereocenters. The van der Waals surface area contributed by atoms with E-state index in [1.165, 1.54) is 54.7 Å². The lowest BCUT2D eigenvalue weighted by Crippen LogP contribution is -2.07. The van der Waals surface area contributed by atoms with Crippen molar-refractivity contribution in [3.05, 3.63) is 77.1 Å². The van der Waals surface area contributed by atoms with E-state index < -0.39 is 23.4 Å². The van der Waals surface area contributed by atoms with Gasteiger partial charge < -0.3 is 14.4 Å². The third-order valence-electron chi connectivity index (χ3n) is 4.60. The number of halogens is 3. The van der Waals surface area contributed by atoms with E-state index in [0.717, 1.165) is 0 Å². The van der Waals surface area contributed by atoms with E-state index in [1.54, 1.807) is 11.5 Å². The van der Waals surface area contributed by atoms with Gasteiger partial charge in [0.1, 0.15) is 11.6 Å². The minimum Gasteiger partial charge on any atom is -0.505 e. The zero-order chi connectivity index (χ0) is 21.4. The zero-order valence-electron chi connectivity index (χ0n) is 15.7. The second kappa shape index (κ2) is 7.76. The molecule has 8 heteroatoms. The molecule has 0 fully saturated rings. The molecule has 0 spiro atoms. The van der Waals surface area contributed by atoms with E-state index in [9.17, 15) is 18.7 Å². The average Bonchev–Trinajstić information content (AvgIpc) is 3.03. The molecule has 4 rings (SSSR count). The van der Waals surface area contributed by atoms with Crippen LogP contribution >= 0.6 is 11.6 Å². The highest BCUT2D eigenvalue weighted by Crippen LogP contribution is 2.44. The van der Waals surface area contributed by atoms with E-state index in [0.29, 0.717) is 22.5 Å². The van der Waals surface area contributed by atoms with E-state index in [2.05, 4.69) is 4.98 Å². The summed E-state index contributed by atoms with van der Waals surface area (Å²) in [5.41, 5.74) is 1.64. The fraction of sp³-hybridized carbons (Fsp3) is 0.0909. The Morgan fingerprint density at radius 3 is 2.30 bits per heavy atom. The number of benzene rings is 2. The quantitative estimate of drug-likeness (QED) is 0.435. The number of fused-ring (bicyclic) bond motifs is 1. The lowest BCUT2D eigenvalue weighted by Gasteiger charge is -2.12. The van der Waals surface area contributed by atoms with Gasteiger partial charge in [-0.2, -0.15) is 0 Å². The number of rotatable bonds is 4. The van der Waals surface area contributed by atoms with Gasteiger partial charge in [-0.1, -0.05) is 11.6 Å². The molecular weight excluding hydrogens is 414 g/mol. The van der Waals surface area contributed by atoms with Crippen LogP contribution in [0.15, 0.2) is 54.7 Å². The summed E-state index contributed by atoms with van der Waals surface area (Å²) < 4.78 is 33.6. The van der Waals surface area contributed by atoms with Gasteiger partial charge in [-0.25, -0.2) is 18.6 Å². The molecule has 4 aromatic rings. The van der Waals surface area contributed by atoms with Crippen LogP contribution in [0.25, 0.3) is 27.8 Å². The lowest BCUT2D eigenvalue weighted by atomic mass is 10.1. The summed E-state index contributed by atoms with van der Waals surface area (Å²) in [5, 5.41) is 11.1. The second-order valence-corrected chi connectivity index (χ2v) is 6.80. The van der Waals surface area contributed by atoms with Gasteiger partial charge in [0, 0.05) is 11.3 Å². The van der Waals surface area contributed by atoms with Gasteiger partial charge in [-0.05, 0) is 55.5 Å². The van der Waals surface area contributed by atoms with Crippen molar-refractivity contribution in [2.75, 3.05) is 6.61 Å². The van der Waals surface area contributed by atoms with Crippen molar-refractivity contribution < 1.29 is 23.4 Å². The Labute approximate surface area is 175 Å². The van der Waals surface area contributed by atoms with Crippen LogP contribution in [-0.4, -0.2) is 27.2 Å². The smallest absolute Gasteiger partial charge is 0.360 e. The fourth-order valence-electron chi connectivity index (χ4n) is 3.28. The normalized spacial score (nSPS) is 11.1. The SMILES string of the molecule is CCOC(=O)c1ncc2c(c1O)c(Cl)c(-c1ccc(F)cc1)n2-c1ccc(F)cc1. The predicted octanol–water partition coefficient (Wildman–Crippen LogP) is 5.51. The Balaban J connectivity index is 2.07. The predicted molar refractivity (Wildman–Crippen MR) is 109 cm³/mol. The van der Waals surface area contributed by atoms with Gasteiger partial charge in [-0.15, -0.1) is 0 Å². The molecule has 0 unspecified atom stereocenters. The van der Waals surface area contributed by atoms with Crippen LogP contribution in [0.4, 0.5) is 8.78 Å². The number of carbonyl (C=O) groups is 1. The first-order valence-corrected chi connectivity index (χ1v) is 9.41. The maximum Gasteiger partial charge on any atom is 0.360 e. The number of ether oxygens (including phenoxy) is 1. The standard InChI is InChI=1S/C22H15ClF2N2O3/c1-2-30-22(29)19-21(28)17-16(11-26-19)27(15-9-7-14(25)8-10-15)20(18(17)23)12-3-5-13(24)6-4-12/h3-11,28H,2H2,1H3. The highest BCUT2D eigenvalue weighted by molar-refractivity contribution is 6.39. The molecule has 0 saturated carbocycles. The van der Waals surface area contributed by atoms with Gasteiger partial charge >= 0.3 is 5.97 Å². The molecule has 0 saturated heterocycles. The van der Waals surface area contributed by atoms with E-state index >= 15 is 0 Å². The van der Waals surface area contributed by atoms with Gasteiger partial charge in [-0.3, -0.25) is 0 Å². The maximum atomic E-state index is 13.5. The van der Waals surface area contributed by atoms with Crippen LogP contribution in [-0.2, 0) is 4.74 Å². The Morgan fingerprint density at radius 2 is 1.70 bits per heavy atom. The van der Waals surface area contributed by atoms with Crippen molar-refractivity contribution in [2.45, 2.75) is 6.92 Å². The lowest BCUT2D eigenvalue weighted by molar-refractivity contribution is 0.0516. The molecule has 0 aliphatic rings. The van der Waals surface area contributed by atoms with Crippen molar-refractivity contribution in [2.24, 2.45) is 0 Å². The molecule has 0 radical (unpaired) electrons. The van der Waals surface area contributed by atoms with Crippen molar-refractivity contribution in [3.8, 4) is 22.7 Å². The summed E-state index contributed by atoms with van der Waals surface area (Å²) >= 11 is 6.65. The van der Waals surface area contributed by atoms with Gasteiger partial charge in [0.05, 0.1) is 34.4 Å². The number of hydrogen-bond acceptors (Lipinski definition) is 4. The molecule has 152 valence electrons. The van der Waals surface area contributed by atoms with Gasteiger partial charge in [0.25, 0.3) is 0 Å². The van der Waals surface area contributed by atoms with Crippen molar-refractivity contribution in [1.29, 1.82) is 0 Å². The van der Waals surface area contributed by atoms with E-state index in [-0.39, 0.29) is 22.7 Å². The van der Waals surface area contributed by atoms with Crippen LogP contribution in [0.3, 0.4) is 0 Å². The third-order valence-corrected chi connectivity index (χ3v) is 4.96. The highest BCUT2D eigenvalue weighted by atomic mass is 35.5. The number of hydrogen-bond donors (Lipinski definition) is 1. The summed E-state index contributed by atoms with van der Waals surface area (Å²) in [7, 11) is 0. The second-order valence-electron chi connectivity index (χ2n) is 6.42. The molecule has 0 aliphatic heterocycles. The summed E-state index contributed by atoms with van der Waals surface area (Å²) in [6.07, 6.45) is 1.38. The summed E-state index contributed by atoms with van der Waals surface area (Å²) in [5.74, 6) is -2.06. The molecule has 0 amide bonds. The monoisotopic (exact) mass is 428 g/mol. The van der Waals surface area contributed by atoms with Crippen LogP contribution in [0, 0.1) is 11.6 Å². The van der Waals surface area contributed by atoms with Crippen molar-refractivity contribution in [1.82, 2.24) is 9.55 Å². The minimum atomic E-state index is -0.786. The first kappa shape index (κ1) is 19.8. The topological polar surface area (TPSA) is 64.3 Å². The Hall–Kier alpha value is -3.45. The van der Waals surface area contributed by atoms with Crippen LogP contribution in [0.1, 0.15) is 17.4 Å². The Kier molecular flexibility index (Phi) is 5.13. The fourth-order valence-corrected chi connectivity index (χ4v) is 3.66. The molecule has 30 heavy (non-hydrogen) atoms. The molecule has 1 N–H and O–H groups in total. The molecule has 2 aromatic heterocycles. The van der Waals surface area contributed by atoms with Gasteiger partial charge in [0.15, 0.2) is 11.4 Å². The largest absolute Gasteiger partial charge is 0.505 e. The first-order valence-electron chi connectivity index (χ1n) is 9.03. The third kappa shape index (κ3) is 3.27. The average molecular weight is 429 g/mol. The Bertz CT molecular complexity index is 1250. The van der Waals surface area contributed by atoms with Crippen LogP contribution in [0.5, 0.6) is 5.75 Å². The molecule has 0 bridgehead atoms. The summed E-state index contributed by atoms with van der Waals surface area (Å²) in [6, 6.07) is 11.3. The molecule has 0 aliphatic carbocycles. The number of aromatic nitrogens is 2. The van der Waals surface area contributed by atoms with Crippen LogP contribution in [0.2, 0.25) is 5.02 Å². The molecule has 2 aromatic carbocycles. The van der Waals surface area contributed by atoms with E-state index in [4.69, 9.17) is 16.3 Å². The number of pyridine rings is 1. The number of nitrogens with zero attached hydrogens (tertiary/aromatic N) is 2. The summed E-state index contributed by atoms with van der Waals surface area (Å²) in [6.45, 7) is 1.75. The first-order chi connectivity index (χ1) is 14.4. The van der Waals surface area contributed by atoms with Crippen molar-refractivity contribution in [3.63, 3.8) is 0 Å². The minimum absolute atomic E-state index is 0.114. The zero-order valence-corrected chi connectivity index (χ0v) is 16.5. The molecule has 2 heterocycles. The number of aromatic hydroxyl groups is 1. The maximum absolute atomic E-state index is 13.5. The Morgan fingerprint density at radius 1 is 1.10 bits per heavy atom. The molecular formula is C22H15ClF2N2O3. The number of carbonyl (C=O) groups excluding carboxylic acids is 1.